The van der Waals surface area contributed by atoms with Crippen molar-refractivity contribution in [2.24, 2.45) is 11.7 Å². The average molecular weight is 231 g/mol. The van der Waals surface area contributed by atoms with Crippen LogP contribution in [-0.4, -0.2) is 38.1 Å². The minimum Gasteiger partial charge on any atom is -0.330 e. The van der Waals surface area contributed by atoms with Gasteiger partial charge in [-0.1, -0.05) is 6.42 Å². The summed E-state index contributed by atoms with van der Waals surface area (Å²) >= 11 is 0. The first kappa shape index (κ1) is 12.4. The monoisotopic (exact) mass is 231 g/mol. The molecule has 0 aromatic heterocycles. The molecule has 1 rings (SSSR count). The molecule has 0 radical (unpaired) electrons. The van der Waals surface area contributed by atoms with Crippen molar-refractivity contribution >= 4 is 10.0 Å². The Morgan fingerprint density at radius 1 is 1.53 bits per heavy atom. The van der Waals surface area contributed by atoms with Crippen LogP contribution in [0, 0.1) is 17.2 Å². The molecule has 6 heteroatoms. The largest absolute Gasteiger partial charge is 0.330 e. The zero-order chi connectivity index (χ0) is 11.5. The Balaban J connectivity index is 2.76. The standard InChI is InChI=1S/C9H17N3O2S/c1-12(15(13,14)6-5-10)9-4-2-3-8(9)7-11/h8-9H,2-4,6-7,11H2,1H3. The Morgan fingerprint density at radius 3 is 2.73 bits per heavy atom. The first-order valence-electron chi connectivity index (χ1n) is 5.05. The lowest BCUT2D eigenvalue weighted by Gasteiger charge is -2.27. The second-order valence-electron chi connectivity index (χ2n) is 3.92. The number of rotatable bonds is 4. The first-order valence-corrected chi connectivity index (χ1v) is 6.66. The first-order chi connectivity index (χ1) is 7.03. The van der Waals surface area contributed by atoms with Gasteiger partial charge in [-0.2, -0.15) is 5.26 Å². The molecule has 1 saturated carbocycles. The molecule has 0 heterocycles. The van der Waals surface area contributed by atoms with E-state index in [4.69, 9.17) is 11.0 Å². The van der Waals surface area contributed by atoms with E-state index in [0.29, 0.717) is 6.54 Å². The predicted molar refractivity (Wildman–Crippen MR) is 57.3 cm³/mol. The lowest BCUT2D eigenvalue weighted by molar-refractivity contribution is 0.305. The molecule has 2 N–H and O–H groups in total. The van der Waals surface area contributed by atoms with Crippen LogP contribution < -0.4 is 5.73 Å². The highest BCUT2D eigenvalue weighted by Crippen LogP contribution is 2.29. The van der Waals surface area contributed by atoms with Gasteiger partial charge in [-0.25, -0.2) is 12.7 Å². The van der Waals surface area contributed by atoms with Crippen molar-refractivity contribution in [3.8, 4) is 6.07 Å². The summed E-state index contributed by atoms with van der Waals surface area (Å²) in [6.07, 6.45) is 2.84. The van der Waals surface area contributed by atoms with Gasteiger partial charge in [0.05, 0.1) is 6.07 Å². The lowest BCUT2D eigenvalue weighted by atomic mass is 10.0. The Morgan fingerprint density at radius 2 is 2.20 bits per heavy atom. The van der Waals surface area contributed by atoms with Crippen LogP contribution in [0.25, 0.3) is 0 Å². The second-order valence-corrected chi connectivity index (χ2v) is 5.95. The summed E-state index contributed by atoms with van der Waals surface area (Å²) in [4.78, 5) is 0. The Labute approximate surface area is 90.9 Å². The van der Waals surface area contributed by atoms with Crippen LogP contribution >= 0.6 is 0 Å². The van der Waals surface area contributed by atoms with Crippen molar-refractivity contribution in [2.75, 3.05) is 19.3 Å². The number of nitrogens with zero attached hydrogens (tertiary/aromatic N) is 2. The van der Waals surface area contributed by atoms with Gasteiger partial charge in [0.15, 0.2) is 5.75 Å². The number of nitriles is 1. The van der Waals surface area contributed by atoms with E-state index in [1.807, 2.05) is 0 Å². The highest BCUT2D eigenvalue weighted by molar-refractivity contribution is 7.89. The molecule has 0 aliphatic heterocycles. The highest BCUT2D eigenvalue weighted by atomic mass is 32.2. The van der Waals surface area contributed by atoms with Crippen molar-refractivity contribution in [1.82, 2.24) is 4.31 Å². The smallest absolute Gasteiger partial charge is 0.227 e. The van der Waals surface area contributed by atoms with E-state index in [9.17, 15) is 8.42 Å². The molecule has 5 nitrogen and oxygen atoms in total. The van der Waals surface area contributed by atoms with Gasteiger partial charge in [0.1, 0.15) is 0 Å². The summed E-state index contributed by atoms with van der Waals surface area (Å²) in [5.74, 6) is -0.208. The molecule has 2 atom stereocenters. The van der Waals surface area contributed by atoms with E-state index in [2.05, 4.69) is 0 Å². The third-order valence-corrected chi connectivity index (χ3v) is 4.72. The zero-order valence-corrected chi connectivity index (χ0v) is 9.70. The molecule has 0 aromatic rings. The van der Waals surface area contributed by atoms with E-state index >= 15 is 0 Å². The topological polar surface area (TPSA) is 87.2 Å². The third kappa shape index (κ3) is 2.68. The van der Waals surface area contributed by atoms with Crippen LogP contribution in [0.5, 0.6) is 0 Å². The number of nitrogens with two attached hydrogens (primary N) is 1. The van der Waals surface area contributed by atoms with E-state index < -0.39 is 15.8 Å². The molecule has 0 saturated heterocycles. The predicted octanol–water partition coefficient (Wildman–Crippen LogP) is -0.101. The Kier molecular flexibility index (Phi) is 4.08. The van der Waals surface area contributed by atoms with Crippen molar-refractivity contribution in [1.29, 1.82) is 5.26 Å². The summed E-state index contributed by atoms with van der Waals surface area (Å²) in [5.41, 5.74) is 5.59. The number of hydrogen-bond donors (Lipinski definition) is 1. The molecule has 1 fully saturated rings. The molecular weight excluding hydrogens is 214 g/mol. The second kappa shape index (κ2) is 4.92. The molecular formula is C9H17N3O2S. The molecule has 0 spiro atoms. The average Bonchev–Trinajstić information content (AvgIpc) is 2.63. The van der Waals surface area contributed by atoms with E-state index in [1.54, 1.807) is 13.1 Å². The van der Waals surface area contributed by atoms with Crippen LogP contribution in [-0.2, 0) is 10.0 Å². The summed E-state index contributed by atoms with van der Waals surface area (Å²) in [7, 11) is -1.87. The van der Waals surface area contributed by atoms with Crippen LogP contribution in [0.3, 0.4) is 0 Å². The van der Waals surface area contributed by atoms with Crippen molar-refractivity contribution in [2.45, 2.75) is 25.3 Å². The Hall–Kier alpha value is -0.640. The SMILES string of the molecule is CN(C1CCCC1CN)S(=O)(=O)CC#N. The molecule has 86 valence electrons. The number of hydrogen-bond acceptors (Lipinski definition) is 4. The van der Waals surface area contributed by atoms with Gasteiger partial charge in [0.2, 0.25) is 10.0 Å². The maximum Gasteiger partial charge on any atom is 0.227 e. The van der Waals surface area contributed by atoms with Crippen molar-refractivity contribution < 1.29 is 8.42 Å². The summed E-state index contributed by atoms with van der Waals surface area (Å²) in [6.45, 7) is 0.511. The molecule has 0 aromatic carbocycles. The van der Waals surface area contributed by atoms with Gasteiger partial charge < -0.3 is 5.73 Å². The molecule has 0 amide bonds. The molecule has 1 aliphatic rings. The maximum absolute atomic E-state index is 11.6. The summed E-state index contributed by atoms with van der Waals surface area (Å²) in [6, 6.07) is 1.66. The van der Waals surface area contributed by atoms with Gasteiger partial charge in [-0.05, 0) is 25.3 Å². The fourth-order valence-corrected chi connectivity index (χ4v) is 3.22. The number of sulfonamides is 1. The zero-order valence-electron chi connectivity index (χ0n) is 8.89. The van der Waals surface area contributed by atoms with Gasteiger partial charge >= 0.3 is 0 Å². The maximum atomic E-state index is 11.6. The summed E-state index contributed by atoms with van der Waals surface area (Å²) < 4.78 is 24.6. The fourth-order valence-electron chi connectivity index (χ4n) is 2.16. The minimum absolute atomic E-state index is 0.0200. The normalized spacial score (nSPS) is 26.8. The van der Waals surface area contributed by atoms with E-state index in [-0.39, 0.29) is 12.0 Å². The molecule has 0 bridgehead atoms. The van der Waals surface area contributed by atoms with E-state index in [0.717, 1.165) is 19.3 Å². The van der Waals surface area contributed by atoms with Crippen molar-refractivity contribution in [3.63, 3.8) is 0 Å². The summed E-state index contributed by atoms with van der Waals surface area (Å²) in [5, 5.41) is 8.44. The highest BCUT2D eigenvalue weighted by Gasteiger charge is 2.34. The van der Waals surface area contributed by atoms with Gasteiger partial charge in [-0.15, -0.1) is 0 Å². The van der Waals surface area contributed by atoms with Gasteiger partial charge in [0, 0.05) is 13.1 Å². The Bertz CT molecular complexity index is 347. The quantitative estimate of drug-likeness (QED) is 0.732. The van der Waals surface area contributed by atoms with Crippen LogP contribution in [0.1, 0.15) is 19.3 Å². The van der Waals surface area contributed by atoms with E-state index in [1.165, 1.54) is 4.31 Å². The van der Waals surface area contributed by atoms with Gasteiger partial charge in [0.25, 0.3) is 0 Å². The van der Waals surface area contributed by atoms with Gasteiger partial charge in [-0.3, -0.25) is 0 Å². The minimum atomic E-state index is -3.42. The molecule has 15 heavy (non-hydrogen) atoms. The van der Waals surface area contributed by atoms with Crippen LogP contribution in [0.4, 0.5) is 0 Å². The van der Waals surface area contributed by atoms with Crippen LogP contribution in [0.2, 0.25) is 0 Å². The molecule has 1 aliphatic carbocycles. The molecule has 2 unspecified atom stereocenters. The third-order valence-electron chi connectivity index (χ3n) is 3.07. The fraction of sp³-hybridized carbons (Fsp3) is 0.889. The van der Waals surface area contributed by atoms with Crippen LogP contribution in [0.15, 0.2) is 0 Å². The van der Waals surface area contributed by atoms with Crippen molar-refractivity contribution in [3.05, 3.63) is 0 Å². The lowest BCUT2D eigenvalue weighted by Crippen LogP contribution is -2.42.